The van der Waals surface area contributed by atoms with Gasteiger partial charge in [-0.25, -0.2) is 5.84 Å². The van der Waals surface area contributed by atoms with Gasteiger partial charge in [-0.2, -0.15) is 0 Å². The maximum Gasteiger partial charge on any atom is 0.283 e. The average Bonchev–Trinajstić information content (AvgIpc) is 2.29. The van der Waals surface area contributed by atoms with Crippen LogP contribution in [0.15, 0.2) is 18.3 Å². The molecule has 1 heterocycles. The van der Waals surface area contributed by atoms with Gasteiger partial charge in [0.05, 0.1) is 0 Å². The summed E-state index contributed by atoms with van der Waals surface area (Å²) in [5, 5.41) is 0. The third-order valence-corrected chi connectivity index (χ3v) is 2.26. The topological polar surface area (TPSA) is 68.0 Å². The fourth-order valence-electron chi connectivity index (χ4n) is 1.36. The molecule has 0 bridgehead atoms. The molecule has 4 nitrogen and oxygen atoms in total. The van der Waals surface area contributed by atoms with E-state index in [0.29, 0.717) is 5.69 Å². The molecule has 1 rings (SSSR count). The van der Waals surface area contributed by atoms with Crippen molar-refractivity contribution in [3.05, 3.63) is 29.6 Å². The summed E-state index contributed by atoms with van der Waals surface area (Å²) >= 11 is 0. The Kier molecular flexibility index (Phi) is 4.77. The molecule has 1 amide bonds. The fraction of sp³-hybridized carbons (Fsp3) is 0.455. The van der Waals surface area contributed by atoms with Crippen LogP contribution < -0.4 is 11.3 Å². The summed E-state index contributed by atoms with van der Waals surface area (Å²) in [7, 11) is 0. The predicted molar refractivity (Wildman–Crippen MR) is 59.1 cm³/mol. The largest absolute Gasteiger partial charge is 0.289 e. The molecule has 0 fully saturated rings. The van der Waals surface area contributed by atoms with E-state index in [1.165, 1.54) is 19.3 Å². The predicted octanol–water partition coefficient (Wildman–Crippen LogP) is 1.42. The van der Waals surface area contributed by atoms with Crippen LogP contribution >= 0.6 is 0 Å². The number of hydrazine groups is 1. The molecule has 1 aromatic heterocycles. The van der Waals surface area contributed by atoms with E-state index < -0.39 is 0 Å². The first-order valence-corrected chi connectivity index (χ1v) is 5.23. The summed E-state index contributed by atoms with van der Waals surface area (Å²) in [5.74, 6) is 4.65. The van der Waals surface area contributed by atoms with Crippen molar-refractivity contribution in [2.45, 2.75) is 32.6 Å². The van der Waals surface area contributed by atoms with Crippen LogP contribution in [0.5, 0.6) is 0 Å². The van der Waals surface area contributed by atoms with Crippen molar-refractivity contribution in [2.75, 3.05) is 0 Å². The summed E-state index contributed by atoms with van der Waals surface area (Å²) in [6.45, 7) is 2.17. The number of carbonyl (C=O) groups excluding carboxylic acids is 1. The number of nitrogens with two attached hydrogens (primary N) is 1. The summed E-state index contributed by atoms with van der Waals surface area (Å²) < 4.78 is 0. The first kappa shape index (κ1) is 11.7. The van der Waals surface area contributed by atoms with Crippen molar-refractivity contribution in [3.8, 4) is 0 Å². The molecule has 0 spiro atoms. The second-order valence-electron chi connectivity index (χ2n) is 3.48. The Morgan fingerprint density at radius 3 is 2.80 bits per heavy atom. The smallest absolute Gasteiger partial charge is 0.283 e. The highest BCUT2D eigenvalue weighted by molar-refractivity contribution is 5.91. The zero-order chi connectivity index (χ0) is 11.1. The Hall–Kier alpha value is -1.42. The first-order valence-electron chi connectivity index (χ1n) is 5.23. The summed E-state index contributed by atoms with van der Waals surface area (Å²) in [6, 6.07) is 3.62. The molecule has 0 aliphatic heterocycles. The zero-order valence-electron chi connectivity index (χ0n) is 8.99. The van der Waals surface area contributed by atoms with E-state index in [0.717, 1.165) is 12.0 Å². The monoisotopic (exact) mass is 207 g/mol. The van der Waals surface area contributed by atoms with E-state index in [-0.39, 0.29) is 5.91 Å². The van der Waals surface area contributed by atoms with Gasteiger partial charge in [0.2, 0.25) is 0 Å². The Bertz CT molecular complexity index is 308. The van der Waals surface area contributed by atoms with Crippen LogP contribution in [0.3, 0.4) is 0 Å². The van der Waals surface area contributed by atoms with Gasteiger partial charge < -0.3 is 0 Å². The van der Waals surface area contributed by atoms with E-state index in [1.807, 2.05) is 6.07 Å². The number of nitrogens with one attached hydrogen (secondary N) is 1. The molecule has 0 aromatic carbocycles. The molecule has 0 saturated carbocycles. The molecule has 82 valence electrons. The van der Waals surface area contributed by atoms with Gasteiger partial charge in [0.25, 0.3) is 5.91 Å². The lowest BCUT2D eigenvalue weighted by atomic mass is 10.1. The minimum absolute atomic E-state index is 0.352. The lowest BCUT2D eigenvalue weighted by Gasteiger charge is -2.02. The molecule has 4 heteroatoms. The van der Waals surface area contributed by atoms with E-state index in [4.69, 9.17) is 5.84 Å². The maximum absolute atomic E-state index is 11.1. The lowest BCUT2D eigenvalue weighted by molar-refractivity contribution is 0.0948. The number of aromatic nitrogens is 1. The van der Waals surface area contributed by atoms with Crippen molar-refractivity contribution in [2.24, 2.45) is 5.84 Å². The van der Waals surface area contributed by atoms with Crippen LogP contribution in [0.4, 0.5) is 0 Å². The van der Waals surface area contributed by atoms with Gasteiger partial charge in [0, 0.05) is 6.20 Å². The number of carbonyl (C=O) groups is 1. The summed E-state index contributed by atoms with van der Waals surface area (Å²) in [4.78, 5) is 15.1. The number of hydrogen-bond donors (Lipinski definition) is 2. The number of nitrogens with zero attached hydrogens (tertiary/aromatic N) is 1. The molecular weight excluding hydrogens is 190 g/mol. The highest BCUT2D eigenvalue weighted by atomic mass is 16.2. The number of rotatable bonds is 5. The Labute approximate surface area is 89.9 Å². The molecule has 0 radical (unpaired) electrons. The summed E-state index contributed by atoms with van der Waals surface area (Å²) in [6.07, 6.45) is 6.36. The van der Waals surface area contributed by atoms with Crippen molar-refractivity contribution >= 4 is 5.91 Å². The highest BCUT2D eigenvalue weighted by Gasteiger charge is 2.03. The standard InChI is InChI=1S/C11H17N3O/c1-2-3-4-5-9-6-7-10(13-8-9)11(15)14-12/h6-8H,2-5,12H2,1H3,(H,14,15). The number of aryl methyl sites for hydroxylation is 1. The van der Waals surface area contributed by atoms with Gasteiger partial charge in [-0.1, -0.05) is 25.8 Å². The van der Waals surface area contributed by atoms with E-state index in [9.17, 15) is 4.79 Å². The third-order valence-electron chi connectivity index (χ3n) is 2.26. The maximum atomic E-state index is 11.1. The number of nitrogen functional groups attached to an aromatic ring is 1. The molecule has 0 unspecified atom stereocenters. The van der Waals surface area contributed by atoms with Crippen LogP contribution in [0.2, 0.25) is 0 Å². The van der Waals surface area contributed by atoms with Gasteiger partial charge in [-0.05, 0) is 24.5 Å². The number of amides is 1. The molecule has 15 heavy (non-hydrogen) atoms. The molecule has 3 N–H and O–H groups in total. The first-order chi connectivity index (χ1) is 7.27. The van der Waals surface area contributed by atoms with Crippen LogP contribution in [-0.4, -0.2) is 10.9 Å². The SMILES string of the molecule is CCCCCc1ccc(C(=O)NN)nc1. The Morgan fingerprint density at radius 1 is 1.47 bits per heavy atom. The van der Waals surface area contributed by atoms with Crippen LogP contribution in [0.1, 0.15) is 42.2 Å². The second kappa shape index (κ2) is 6.14. The lowest BCUT2D eigenvalue weighted by Crippen LogP contribution is -2.30. The molecular formula is C11H17N3O. The fourth-order valence-corrected chi connectivity index (χ4v) is 1.36. The average molecular weight is 207 g/mol. The van der Waals surface area contributed by atoms with Gasteiger partial charge in [-0.3, -0.25) is 15.2 Å². The molecule has 0 aliphatic rings. The van der Waals surface area contributed by atoms with Crippen molar-refractivity contribution in [1.29, 1.82) is 0 Å². The minimum Gasteiger partial charge on any atom is -0.289 e. The molecule has 0 atom stereocenters. The molecule has 0 aliphatic carbocycles. The number of pyridine rings is 1. The van der Waals surface area contributed by atoms with Gasteiger partial charge >= 0.3 is 0 Å². The molecule has 0 saturated heterocycles. The van der Waals surface area contributed by atoms with E-state index in [2.05, 4.69) is 17.3 Å². The molecule has 1 aromatic rings. The normalized spacial score (nSPS) is 10.0. The van der Waals surface area contributed by atoms with Crippen molar-refractivity contribution < 1.29 is 4.79 Å². The van der Waals surface area contributed by atoms with Crippen LogP contribution in [0.25, 0.3) is 0 Å². The van der Waals surface area contributed by atoms with Gasteiger partial charge in [0.1, 0.15) is 5.69 Å². The minimum atomic E-state index is -0.352. The highest BCUT2D eigenvalue weighted by Crippen LogP contribution is 2.06. The third kappa shape index (κ3) is 3.67. The second-order valence-corrected chi connectivity index (χ2v) is 3.48. The summed E-state index contributed by atoms with van der Waals surface area (Å²) in [5.41, 5.74) is 3.57. The van der Waals surface area contributed by atoms with Crippen molar-refractivity contribution in [1.82, 2.24) is 10.4 Å². The number of hydrogen-bond acceptors (Lipinski definition) is 3. The Balaban J connectivity index is 2.52. The van der Waals surface area contributed by atoms with Crippen LogP contribution in [-0.2, 0) is 6.42 Å². The van der Waals surface area contributed by atoms with Crippen LogP contribution in [0, 0.1) is 0 Å². The van der Waals surface area contributed by atoms with E-state index >= 15 is 0 Å². The number of unbranched alkanes of at least 4 members (excludes halogenated alkanes) is 2. The zero-order valence-corrected chi connectivity index (χ0v) is 8.99. The van der Waals surface area contributed by atoms with Gasteiger partial charge in [0.15, 0.2) is 0 Å². The van der Waals surface area contributed by atoms with E-state index in [1.54, 1.807) is 12.3 Å². The van der Waals surface area contributed by atoms with Crippen molar-refractivity contribution in [3.63, 3.8) is 0 Å². The quantitative estimate of drug-likeness (QED) is 0.332. The van der Waals surface area contributed by atoms with Gasteiger partial charge in [-0.15, -0.1) is 0 Å². The Morgan fingerprint density at radius 2 is 2.27 bits per heavy atom.